The average molecular weight is 643 g/mol. The predicted octanol–water partition coefficient (Wildman–Crippen LogP) is 3.43. The topological polar surface area (TPSA) is 167 Å². The summed E-state index contributed by atoms with van der Waals surface area (Å²) in [5, 5.41) is 26.2. The van der Waals surface area contributed by atoms with Gasteiger partial charge in [0.2, 0.25) is 15.9 Å². The fraction of sp³-hybridized carbons (Fsp3) is 0.531. The number of carbonyl (C=O) groups excluding carboxylic acids is 2. The van der Waals surface area contributed by atoms with E-state index in [1.165, 1.54) is 35.5 Å². The van der Waals surface area contributed by atoms with Crippen molar-refractivity contribution >= 4 is 27.7 Å². The van der Waals surface area contributed by atoms with Crippen molar-refractivity contribution < 1.29 is 37.3 Å². The van der Waals surface area contributed by atoms with Gasteiger partial charge in [0, 0.05) is 32.1 Å². The molecule has 2 heterocycles. The Bertz CT molecular complexity index is 1450. The number of rotatable bonds is 14. The average Bonchev–Trinajstić information content (AvgIpc) is 3.61. The number of carbonyl (C=O) groups is 2. The molecule has 2 fully saturated rings. The Hall–Kier alpha value is -3.54. The molecule has 2 aromatic carbocycles. The first-order valence-corrected chi connectivity index (χ1v) is 16.5. The van der Waals surface area contributed by atoms with Crippen molar-refractivity contribution in [3.05, 3.63) is 60.2 Å². The summed E-state index contributed by atoms with van der Waals surface area (Å²) in [6.45, 7) is 5.48. The Morgan fingerprint density at radius 3 is 2.53 bits per heavy atom. The van der Waals surface area contributed by atoms with Crippen LogP contribution in [0.5, 0.6) is 0 Å². The molecule has 2 aliphatic rings. The summed E-state index contributed by atoms with van der Waals surface area (Å²) >= 11 is 0. The molecule has 244 valence electrons. The van der Waals surface area contributed by atoms with Gasteiger partial charge in [-0.05, 0) is 54.5 Å². The van der Waals surface area contributed by atoms with E-state index in [-0.39, 0.29) is 49.3 Å². The molecular formula is C32H42N4O8S. The maximum absolute atomic E-state index is 14.0. The van der Waals surface area contributed by atoms with E-state index in [2.05, 4.69) is 16.7 Å². The fourth-order valence-electron chi connectivity index (χ4n) is 5.62. The zero-order valence-corrected chi connectivity index (χ0v) is 26.7. The lowest BCUT2D eigenvalue weighted by Crippen LogP contribution is -2.52. The molecule has 0 spiro atoms. The van der Waals surface area contributed by atoms with Gasteiger partial charge in [-0.25, -0.2) is 13.2 Å². The third-order valence-electron chi connectivity index (χ3n) is 8.03. The van der Waals surface area contributed by atoms with Crippen LogP contribution in [-0.4, -0.2) is 80.7 Å². The SMILES string of the molecule is CC(=O)Nc1ccc(S(=O)(=O)N(C[C@@H](O)[C@H](Cc2ccccc2)NC(=O)O[C@H]2CO[C@H]3OCC[C@H]32)CC(C)(C)CCC#N)cc1. The third-order valence-corrected chi connectivity index (χ3v) is 9.86. The van der Waals surface area contributed by atoms with Gasteiger partial charge in [0.15, 0.2) is 6.29 Å². The largest absolute Gasteiger partial charge is 0.443 e. The van der Waals surface area contributed by atoms with Crippen molar-refractivity contribution in [2.45, 2.75) is 75.9 Å². The predicted molar refractivity (Wildman–Crippen MR) is 165 cm³/mol. The molecule has 2 amide bonds. The number of nitrogens with one attached hydrogen (secondary N) is 2. The molecule has 4 rings (SSSR count). The Morgan fingerprint density at radius 2 is 1.87 bits per heavy atom. The lowest BCUT2D eigenvalue weighted by atomic mass is 9.88. The Labute approximate surface area is 264 Å². The second-order valence-electron chi connectivity index (χ2n) is 12.3. The third kappa shape index (κ3) is 9.48. The molecule has 0 bridgehead atoms. The van der Waals surface area contributed by atoms with E-state index in [0.717, 1.165) is 5.56 Å². The second-order valence-corrected chi connectivity index (χ2v) is 14.2. The van der Waals surface area contributed by atoms with Gasteiger partial charge < -0.3 is 30.0 Å². The van der Waals surface area contributed by atoms with Crippen molar-refractivity contribution in [3.8, 4) is 6.07 Å². The van der Waals surface area contributed by atoms with Crippen LogP contribution in [0.15, 0.2) is 59.5 Å². The van der Waals surface area contributed by atoms with Crippen LogP contribution in [0.1, 0.15) is 45.6 Å². The number of aliphatic hydroxyl groups excluding tert-OH is 1. The van der Waals surface area contributed by atoms with Crippen molar-refractivity contribution in [2.75, 3.05) is 31.6 Å². The number of hydrogen-bond acceptors (Lipinski definition) is 9. The van der Waals surface area contributed by atoms with Crippen LogP contribution in [0.3, 0.4) is 0 Å². The summed E-state index contributed by atoms with van der Waals surface area (Å²) in [6.07, 6.45) is -1.39. The van der Waals surface area contributed by atoms with Gasteiger partial charge in [0.05, 0.1) is 42.2 Å². The standard InChI is InChI=1S/C32H42N4O8S/c1-22(37)34-24-10-12-25(13-11-24)45(40,41)36(21-32(2,3)15-7-16-33)19-28(38)27(18-23-8-5-4-6-9-23)35-31(39)44-29-20-43-30-26(29)14-17-42-30/h4-6,8-13,26-30,38H,7,14-15,17-21H2,1-3H3,(H,34,37)(H,35,39)/t26-,27-,28+,29-,30+/m0/s1. The zero-order chi connectivity index (χ0) is 32.6. The molecule has 5 atom stereocenters. The minimum Gasteiger partial charge on any atom is -0.443 e. The second kappa shape index (κ2) is 15.2. The van der Waals surface area contributed by atoms with E-state index in [4.69, 9.17) is 19.5 Å². The van der Waals surface area contributed by atoms with Crippen LogP contribution in [-0.2, 0) is 35.4 Å². The molecule has 0 aliphatic carbocycles. The lowest BCUT2D eigenvalue weighted by Gasteiger charge is -2.35. The first-order valence-electron chi connectivity index (χ1n) is 15.0. The Morgan fingerprint density at radius 1 is 1.16 bits per heavy atom. The quantitative estimate of drug-likeness (QED) is 0.280. The number of hydrogen-bond donors (Lipinski definition) is 3. The highest BCUT2D eigenvalue weighted by atomic mass is 32.2. The number of aliphatic hydroxyl groups is 1. The number of anilines is 1. The van der Waals surface area contributed by atoms with Gasteiger partial charge >= 0.3 is 6.09 Å². The van der Waals surface area contributed by atoms with E-state index >= 15 is 0 Å². The highest BCUT2D eigenvalue weighted by Gasteiger charge is 2.44. The maximum atomic E-state index is 14.0. The van der Waals surface area contributed by atoms with Crippen molar-refractivity contribution in [2.24, 2.45) is 11.3 Å². The van der Waals surface area contributed by atoms with Gasteiger partial charge in [-0.15, -0.1) is 0 Å². The molecule has 2 saturated heterocycles. The first-order chi connectivity index (χ1) is 21.4. The number of fused-ring (bicyclic) bond motifs is 1. The van der Waals surface area contributed by atoms with Crippen LogP contribution in [0.2, 0.25) is 0 Å². The molecule has 3 N–H and O–H groups in total. The number of nitriles is 1. The monoisotopic (exact) mass is 642 g/mol. The van der Waals surface area contributed by atoms with E-state index < -0.39 is 46.1 Å². The van der Waals surface area contributed by atoms with Gasteiger partial charge in [-0.3, -0.25) is 4.79 Å². The Kier molecular flexibility index (Phi) is 11.6. The molecule has 0 radical (unpaired) electrons. The van der Waals surface area contributed by atoms with E-state index in [1.807, 2.05) is 44.2 Å². The van der Waals surface area contributed by atoms with E-state index in [9.17, 15) is 23.1 Å². The summed E-state index contributed by atoms with van der Waals surface area (Å²) < 4.78 is 46.0. The summed E-state index contributed by atoms with van der Waals surface area (Å²) in [4.78, 5) is 24.5. The van der Waals surface area contributed by atoms with E-state index in [0.29, 0.717) is 25.1 Å². The molecule has 2 aliphatic heterocycles. The summed E-state index contributed by atoms with van der Waals surface area (Å²) in [5.74, 6) is -0.358. The number of ether oxygens (including phenoxy) is 3. The normalized spacial score (nSPS) is 21.0. The van der Waals surface area contributed by atoms with Crippen molar-refractivity contribution in [1.82, 2.24) is 9.62 Å². The summed E-state index contributed by atoms with van der Waals surface area (Å²) in [6, 6.07) is 16.2. The summed E-state index contributed by atoms with van der Waals surface area (Å²) in [7, 11) is -4.16. The number of alkyl carbamates (subject to hydrolysis) is 1. The molecule has 13 heteroatoms. The fourth-order valence-corrected chi connectivity index (χ4v) is 7.27. The smallest absolute Gasteiger partial charge is 0.407 e. The highest BCUT2D eigenvalue weighted by Crippen LogP contribution is 2.33. The lowest BCUT2D eigenvalue weighted by molar-refractivity contribution is -0.114. The Balaban J connectivity index is 1.57. The van der Waals surface area contributed by atoms with Gasteiger partial charge in [0.25, 0.3) is 0 Å². The van der Waals surface area contributed by atoms with Gasteiger partial charge in [-0.2, -0.15) is 9.57 Å². The minimum atomic E-state index is -4.16. The number of nitrogens with zero attached hydrogens (tertiary/aromatic N) is 2. The number of benzene rings is 2. The minimum absolute atomic E-state index is 0.00645. The van der Waals surface area contributed by atoms with Gasteiger partial charge in [0.1, 0.15) is 6.10 Å². The molecule has 45 heavy (non-hydrogen) atoms. The molecule has 2 aromatic rings. The first kappa shape index (κ1) is 34.3. The summed E-state index contributed by atoms with van der Waals surface area (Å²) in [5.41, 5.74) is 0.659. The van der Waals surface area contributed by atoms with Crippen LogP contribution in [0, 0.1) is 22.7 Å². The van der Waals surface area contributed by atoms with Crippen LogP contribution < -0.4 is 10.6 Å². The molecule has 12 nitrogen and oxygen atoms in total. The molecule has 0 unspecified atom stereocenters. The van der Waals surface area contributed by atoms with Gasteiger partial charge in [-0.1, -0.05) is 44.2 Å². The maximum Gasteiger partial charge on any atom is 0.407 e. The van der Waals surface area contributed by atoms with E-state index in [1.54, 1.807) is 0 Å². The molecular weight excluding hydrogens is 600 g/mol. The highest BCUT2D eigenvalue weighted by molar-refractivity contribution is 7.89. The van der Waals surface area contributed by atoms with Crippen molar-refractivity contribution in [3.63, 3.8) is 0 Å². The molecule has 0 aromatic heterocycles. The number of amides is 2. The van der Waals surface area contributed by atoms with Crippen molar-refractivity contribution in [1.29, 1.82) is 5.26 Å². The number of sulfonamides is 1. The zero-order valence-electron chi connectivity index (χ0n) is 25.8. The van der Waals surface area contributed by atoms with Crippen LogP contribution in [0.4, 0.5) is 10.5 Å². The van der Waals surface area contributed by atoms with Crippen LogP contribution >= 0.6 is 0 Å². The van der Waals surface area contributed by atoms with Crippen LogP contribution in [0.25, 0.3) is 0 Å². The molecule has 0 saturated carbocycles.